The molecule has 3 rings (SSSR count). The summed E-state index contributed by atoms with van der Waals surface area (Å²) in [4.78, 5) is 10.8. The molecule has 0 N–H and O–H groups in total. The van der Waals surface area contributed by atoms with E-state index < -0.39 is 4.92 Å². The Balaban J connectivity index is 1.83. The van der Waals surface area contributed by atoms with Gasteiger partial charge in [-0.1, -0.05) is 29.3 Å². The molecule has 0 spiro atoms. The summed E-state index contributed by atoms with van der Waals surface area (Å²) >= 11 is 7.21. The van der Waals surface area contributed by atoms with Crippen LogP contribution in [-0.4, -0.2) is 15.1 Å². The van der Waals surface area contributed by atoms with Gasteiger partial charge in [-0.3, -0.25) is 10.1 Å². The molecule has 3 aromatic rings. The largest absolute Gasteiger partial charge is 0.411 e. The van der Waals surface area contributed by atoms with Gasteiger partial charge >= 0.3 is 0 Å². The van der Waals surface area contributed by atoms with Crippen molar-refractivity contribution in [1.29, 1.82) is 0 Å². The summed E-state index contributed by atoms with van der Waals surface area (Å²) in [6.07, 6.45) is 0. The molecule has 0 aliphatic carbocycles. The summed E-state index contributed by atoms with van der Waals surface area (Å²) in [6, 6.07) is 11.9. The van der Waals surface area contributed by atoms with E-state index in [9.17, 15) is 10.1 Å². The van der Waals surface area contributed by atoms with Gasteiger partial charge in [0.1, 0.15) is 0 Å². The number of non-ortho nitro benzene ring substituents is 1. The number of rotatable bonds is 4. The Morgan fingerprint density at radius 2 is 2.04 bits per heavy atom. The van der Waals surface area contributed by atoms with Crippen LogP contribution in [0.3, 0.4) is 0 Å². The lowest BCUT2D eigenvalue weighted by Crippen LogP contribution is -1.87. The number of nitro groups is 1. The van der Waals surface area contributed by atoms with E-state index in [1.165, 1.54) is 12.1 Å². The van der Waals surface area contributed by atoms with Gasteiger partial charge in [0.2, 0.25) is 5.89 Å². The van der Waals surface area contributed by atoms with Gasteiger partial charge in [-0.05, 0) is 36.9 Å². The van der Waals surface area contributed by atoms with Crippen LogP contribution in [0.15, 0.2) is 57.0 Å². The quantitative estimate of drug-likeness (QED) is 0.500. The minimum atomic E-state index is -0.497. The maximum absolute atomic E-state index is 10.7. The summed E-state index contributed by atoms with van der Waals surface area (Å²) in [5.41, 5.74) is 1.86. The number of nitro benzene ring substituents is 1. The van der Waals surface area contributed by atoms with E-state index in [2.05, 4.69) is 10.2 Å². The molecule has 1 heterocycles. The van der Waals surface area contributed by atoms with Gasteiger partial charge in [0.25, 0.3) is 10.9 Å². The van der Waals surface area contributed by atoms with Crippen molar-refractivity contribution in [3.05, 3.63) is 63.2 Å². The van der Waals surface area contributed by atoms with Crippen molar-refractivity contribution in [2.24, 2.45) is 0 Å². The van der Waals surface area contributed by atoms with Crippen molar-refractivity contribution >= 4 is 29.1 Å². The first kappa shape index (κ1) is 15.5. The highest BCUT2D eigenvalue weighted by Crippen LogP contribution is 2.35. The number of hydrogen-bond donors (Lipinski definition) is 0. The molecule has 0 aliphatic heterocycles. The summed E-state index contributed by atoms with van der Waals surface area (Å²) in [7, 11) is 0. The van der Waals surface area contributed by atoms with Crippen LogP contribution in [0.4, 0.5) is 5.69 Å². The number of aryl methyl sites for hydroxylation is 1. The number of halogens is 1. The van der Waals surface area contributed by atoms with Crippen LogP contribution in [-0.2, 0) is 0 Å². The van der Waals surface area contributed by atoms with Gasteiger partial charge in [-0.25, -0.2) is 0 Å². The summed E-state index contributed by atoms with van der Waals surface area (Å²) in [5, 5.41) is 19.3. The topological polar surface area (TPSA) is 82.1 Å². The predicted octanol–water partition coefficient (Wildman–Crippen LogP) is 4.76. The number of aromatic nitrogens is 2. The van der Waals surface area contributed by atoms with Crippen LogP contribution in [0.25, 0.3) is 11.5 Å². The first-order valence-corrected chi connectivity index (χ1v) is 7.75. The van der Waals surface area contributed by atoms with Crippen molar-refractivity contribution in [3.8, 4) is 11.5 Å². The Morgan fingerprint density at radius 3 is 2.74 bits per heavy atom. The molecular weight excluding hydrogens is 338 g/mol. The number of hydrogen-bond acceptors (Lipinski definition) is 6. The minimum Gasteiger partial charge on any atom is -0.411 e. The average Bonchev–Trinajstić information content (AvgIpc) is 2.98. The van der Waals surface area contributed by atoms with Gasteiger partial charge < -0.3 is 4.42 Å². The molecule has 0 amide bonds. The van der Waals surface area contributed by atoms with Crippen molar-refractivity contribution in [2.45, 2.75) is 17.0 Å². The van der Waals surface area contributed by atoms with E-state index >= 15 is 0 Å². The van der Waals surface area contributed by atoms with E-state index in [1.54, 1.807) is 6.07 Å². The van der Waals surface area contributed by atoms with Gasteiger partial charge in [0, 0.05) is 22.6 Å². The van der Waals surface area contributed by atoms with Crippen LogP contribution in [0.1, 0.15) is 5.56 Å². The zero-order valence-electron chi connectivity index (χ0n) is 11.9. The molecule has 0 radical (unpaired) electrons. The molecule has 116 valence electrons. The maximum Gasteiger partial charge on any atom is 0.281 e. The molecular formula is C15H10ClN3O3S. The molecule has 0 saturated heterocycles. The lowest BCUT2D eigenvalue weighted by atomic mass is 10.1. The van der Waals surface area contributed by atoms with Crippen LogP contribution in [0, 0.1) is 17.0 Å². The highest BCUT2D eigenvalue weighted by molar-refractivity contribution is 7.99. The summed E-state index contributed by atoms with van der Waals surface area (Å²) < 4.78 is 5.61. The molecule has 8 heteroatoms. The first-order valence-electron chi connectivity index (χ1n) is 6.55. The van der Waals surface area contributed by atoms with Gasteiger partial charge in [0.05, 0.1) is 9.95 Å². The Kier molecular flexibility index (Phi) is 4.31. The van der Waals surface area contributed by atoms with Crippen LogP contribution in [0.5, 0.6) is 0 Å². The first-order chi connectivity index (χ1) is 11.0. The minimum absolute atomic E-state index is 0.0645. The molecule has 23 heavy (non-hydrogen) atoms. The zero-order chi connectivity index (χ0) is 16.4. The van der Waals surface area contributed by atoms with Crippen LogP contribution in [0.2, 0.25) is 5.02 Å². The van der Waals surface area contributed by atoms with Crippen LogP contribution < -0.4 is 0 Å². The Hall–Kier alpha value is -2.38. The van der Waals surface area contributed by atoms with Crippen molar-refractivity contribution in [3.63, 3.8) is 0 Å². The molecule has 1 aromatic heterocycles. The molecule has 2 aromatic carbocycles. The van der Waals surface area contributed by atoms with E-state index in [1.807, 2.05) is 31.2 Å². The van der Waals surface area contributed by atoms with E-state index in [0.717, 1.165) is 22.9 Å². The second-order valence-electron chi connectivity index (χ2n) is 4.72. The highest BCUT2D eigenvalue weighted by Gasteiger charge is 2.14. The fourth-order valence-corrected chi connectivity index (χ4v) is 2.90. The molecule has 0 atom stereocenters. The number of nitrogens with zero attached hydrogens (tertiary/aromatic N) is 3. The highest BCUT2D eigenvalue weighted by atomic mass is 35.5. The SMILES string of the molecule is Cc1cccc(-c2nnc(Sc3ccc([N+](=O)[O-])cc3Cl)o2)c1. The van der Waals surface area contributed by atoms with E-state index in [4.69, 9.17) is 16.0 Å². The van der Waals surface area contributed by atoms with Gasteiger partial charge in [-0.15, -0.1) is 10.2 Å². The molecule has 0 fully saturated rings. The fraction of sp³-hybridized carbons (Fsp3) is 0.0667. The molecule has 0 bridgehead atoms. The lowest BCUT2D eigenvalue weighted by Gasteiger charge is -2.00. The second-order valence-corrected chi connectivity index (χ2v) is 6.12. The number of benzene rings is 2. The van der Waals surface area contributed by atoms with Crippen LogP contribution >= 0.6 is 23.4 Å². The monoisotopic (exact) mass is 347 g/mol. The standard InChI is InChI=1S/C15H10ClN3O3S/c1-9-3-2-4-10(7-9)14-17-18-15(22-14)23-13-6-5-11(19(20)21)8-12(13)16/h2-8H,1H3. The van der Waals surface area contributed by atoms with Crippen molar-refractivity contribution in [2.75, 3.05) is 0 Å². The molecule has 0 aliphatic rings. The Morgan fingerprint density at radius 1 is 1.22 bits per heavy atom. The third-order valence-electron chi connectivity index (χ3n) is 3.00. The predicted molar refractivity (Wildman–Crippen MR) is 86.7 cm³/mol. The second kappa shape index (κ2) is 6.39. The molecule has 0 saturated carbocycles. The third-order valence-corrected chi connectivity index (χ3v) is 4.34. The Labute approximate surface area is 140 Å². The summed E-state index contributed by atoms with van der Waals surface area (Å²) in [6.45, 7) is 1.98. The van der Waals surface area contributed by atoms with E-state index in [0.29, 0.717) is 16.0 Å². The average molecular weight is 348 g/mol. The molecule has 0 unspecified atom stereocenters. The smallest absolute Gasteiger partial charge is 0.281 e. The zero-order valence-corrected chi connectivity index (χ0v) is 13.5. The fourth-order valence-electron chi connectivity index (χ4n) is 1.93. The van der Waals surface area contributed by atoms with Crippen molar-refractivity contribution in [1.82, 2.24) is 10.2 Å². The normalized spacial score (nSPS) is 10.7. The van der Waals surface area contributed by atoms with Crippen molar-refractivity contribution < 1.29 is 9.34 Å². The lowest BCUT2D eigenvalue weighted by molar-refractivity contribution is -0.384. The van der Waals surface area contributed by atoms with Gasteiger partial charge in [0.15, 0.2) is 0 Å². The van der Waals surface area contributed by atoms with E-state index in [-0.39, 0.29) is 10.7 Å². The Bertz CT molecular complexity index is 882. The van der Waals surface area contributed by atoms with Gasteiger partial charge in [-0.2, -0.15) is 0 Å². The maximum atomic E-state index is 10.7. The molecule has 6 nitrogen and oxygen atoms in total. The third kappa shape index (κ3) is 3.52. The summed E-state index contributed by atoms with van der Waals surface area (Å²) in [5.74, 6) is 0.411.